The normalized spacial score (nSPS) is 13.1. The second-order valence-electron chi connectivity index (χ2n) is 10.5. The van der Waals surface area contributed by atoms with Crippen molar-refractivity contribution in [2.75, 3.05) is 25.6 Å². The first-order chi connectivity index (χ1) is 18.1. The van der Waals surface area contributed by atoms with Gasteiger partial charge in [-0.05, 0) is 35.7 Å². The van der Waals surface area contributed by atoms with Gasteiger partial charge in [-0.3, -0.25) is 4.79 Å². The van der Waals surface area contributed by atoms with E-state index in [1.807, 2.05) is 63.2 Å². The van der Waals surface area contributed by atoms with E-state index < -0.39 is 5.97 Å². The molecule has 3 aromatic rings. The predicted molar refractivity (Wildman–Crippen MR) is 148 cm³/mol. The maximum absolute atomic E-state index is 10.6. The molecule has 0 spiro atoms. The molecular weight excluding hydrogens is 484 g/mol. The molecule has 9 heteroatoms. The van der Waals surface area contributed by atoms with Gasteiger partial charge in [0.25, 0.3) is 5.89 Å². The van der Waals surface area contributed by atoms with E-state index in [2.05, 4.69) is 34.7 Å². The number of ether oxygens (including phenoxy) is 2. The van der Waals surface area contributed by atoms with Crippen LogP contribution in [0.4, 0.5) is 5.69 Å². The van der Waals surface area contributed by atoms with Crippen LogP contribution in [0.3, 0.4) is 0 Å². The fourth-order valence-corrected chi connectivity index (χ4v) is 3.75. The topological polar surface area (TPSA) is 119 Å². The first kappa shape index (κ1) is 29.0. The summed E-state index contributed by atoms with van der Waals surface area (Å²) in [7, 11) is 1.61. The van der Waals surface area contributed by atoms with E-state index in [0.29, 0.717) is 48.9 Å². The van der Waals surface area contributed by atoms with Crippen molar-refractivity contribution >= 4 is 11.7 Å². The van der Waals surface area contributed by atoms with E-state index in [0.717, 1.165) is 23.2 Å². The fourth-order valence-electron chi connectivity index (χ4n) is 3.75. The third-order valence-electron chi connectivity index (χ3n) is 6.38. The average Bonchev–Trinajstić information content (AvgIpc) is 3.40. The molecule has 1 aromatic heterocycles. The van der Waals surface area contributed by atoms with Gasteiger partial charge in [-0.2, -0.15) is 0 Å². The minimum atomic E-state index is -0.800. The SMILES string of the molecule is CC[C@H](C)[C@@H](COc1ccc(-c2nnc(C(C)(C)C)o2)c(OC)c1)Nc1ccc(CNCCC(=O)O)cc1. The van der Waals surface area contributed by atoms with Crippen LogP contribution in [0.15, 0.2) is 46.9 Å². The molecule has 206 valence electrons. The first-order valence-electron chi connectivity index (χ1n) is 13.0. The molecule has 0 aliphatic heterocycles. The van der Waals surface area contributed by atoms with Crippen molar-refractivity contribution < 1.29 is 23.8 Å². The number of aliphatic carboxylic acids is 1. The summed E-state index contributed by atoms with van der Waals surface area (Å²) in [4.78, 5) is 10.6. The second-order valence-corrected chi connectivity index (χ2v) is 10.5. The van der Waals surface area contributed by atoms with Crippen LogP contribution in [0.1, 0.15) is 58.9 Å². The number of carbonyl (C=O) groups is 1. The maximum atomic E-state index is 10.6. The zero-order valence-corrected chi connectivity index (χ0v) is 23.2. The van der Waals surface area contributed by atoms with Gasteiger partial charge < -0.3 is 29.6 Å². The number of carboxylic acids is 1. The molecule has 3 rings (SSSR count). The number of hydrogen-bond donors (Lipinski definition) is 3. The molecule has 3 N–H and O–H groups in total. The Morgan fingerprint density at radius 3 is 2.47 bits per heavy atom. The number of hydrogen-bond acceptors (Lipinski definition) is 8. The molecule has 1 heterocycles. The van der Waals surface area contributed by atoms with Crippen LogP contribution in [0, 0.1) is 5.92 Å². The van der Waals surface area contributed by atoms with E-state index in [9.17, 15) is 4.79 Å². The molecule has 0 saturated carbocycles. The number of rotatable bonds is 14. The van der Waals surface area contributed by atoms with Crippen molar-refractivity contribution in [3.05, 3.63) is 53.9 Å². The minimum Gasteiger partial charge on any atom is -0.496 e. The molecule has 0 saturated heterocycles. The Hall–Kier alpha value is -3.59. The molecule has 2 aromatic carbocycles. The lowest BCUT2D eigenvalue weighted by Crippen LogP contribution is -2.33. The maximum Gasteiger partial charge on any atom is 0.304 e. The van der Waals surface area contributed by atoms with E-state index >= 15 is 0 Å². The molecule has 0 aliphatic rings. The molecule has 0 radical (unpaired) electrons. The van der Waals surface area contributed by atoms with Gasteiger partial charge in [0.2, 0.25) is 5.89 Å². The van der Waals surface area contributed by atoms with Crippen LogP contribution in [-0.2, 0) is 16.8 Å². The summed E-state index contributed by atoms with van der Waals surface area (Å²) in [5, 5.41) is 23.9. The van der Waals surface area contributed by atoms with E-state index in [-0.39, 0.29) is 17.9 Å². The summed E-state index contributed by atoms with van der Waals surface area (Å²) in [5.74, 6) is 1.86. The summed E-state index contributed by atoms with van der Waals surface area (Å²) in [6, 6.07) is 13.9. The number of benzene rings is 2. The predicted octanol–water partition coefficient (Wildman–Crippen LogP) is 5.51. The fraction of sp³-hybridized carbons (Fsp3) is 0.483. The van der Waals surface area contributed by atoms with Crippen LogP contribution < -0.4 is 20.1 Å². The third kappa shape index (κ3) is 8.21. The largest absolute Gasteiger partial charge is 0.496 e. The van der Waals surface area contributed by atoms with Gasteiger partial charge in [0, 0.05) is 30.3 Å². The molecule has 0 unspecified atom stereocenters. The second kappa shape index (κ2) is 13.3. The van der Waals surface area contributed by atoms with Crippen LogP contribution in [-0.4, -0.2) is 47.6 Å². The summed E-state index contributed by atoms with van der Waals surface area (Å²) >= 11 is 0. The van der Waals surface area contributed by atoms with Crippen LogP contribution >= 0.6 is 0 Å². The summed E-state index contributed by atoms with van der Waals surface area (Å²) < 4.78 is 17.7. The number of aromatic nitrogens is 2. The highest BCUT2D eigenvalue weighted by Crippen LogP contribution is 2.34. The van der Waals surface area contributed by atoms with E-state index in [1.165, 1.54) is 0 Å². The Kier molecular flexibility index (Phi) is 10.1. The van der Waals surface area contributed by atoms with Gasteiger partial charge >= 0.3 is 5.97 Å². The molecule has 38 heavy (non-hydrogen) atoms. The number of nitrogens with zero attached hydrogens (tertiary/aromatic N) is 2. The molecule has 0 amide bonds. The van der Waals surface area contributed by atoms with Gasteiger partial charge in [0.05, 0.1) is 25.1 Å². The van der Waals surface area contributed by atoms with Gasteiger partial charge in [0.1, 0.15) is 18.1 Å². The lowest BCUT2D eigenvalue weighted by Gasteiger charge is -2.26. The molecule has 0 bridgehead atoms. The lowest BCUT2D eigenvalue weighted by molar-refractivity contribution is -0.136. The monoisotopic (exact) mass is 524 g/mol. The van der Waals surface area contributed by atoms with Crippen molar-refractivity contribution in [2.24, 2.45) is 5.92 Å². The van der Waals surface area contributed by atoms with Crippen molar-refractivity contribution in [1.29, 1.82) is 0 Å². The molecule has 0 aliphatic carbocycles. The average molecular weight is 525 g/mol. The summed E-state index contributed by atoms with van der Waals surface area (Å²) in [6.07, 6.45) is 1.11. The van der Waals surface area contributed by atoms with E-state index in [1.54, 1.807) is 7.11 Å². The Morgan fingerprint density at radius 1 is 1.13 bits per heavy atom. The Balaban J connectivity index is 1.63. The highest BCUT2D eigenvalue weighted by Gasteiger charge is 2.23. The quantitative estimate of drug-likeness (QED) is 0.234. The number of methoxy groups -OCH3 is 1. The zero-order valence-electron chi connectivity index (χ0n) is 23.2. The van der Waals surface area contributed by atoms with Crippen molar-refractivity contribution in [3.8, 4) is 23.0 Å². The zero-order chi connectivity index (χ0) is 27.7. The van der Waals surface area contributed by atoms with Crippen molar-refractivity contribution in [1.82, 2.24) is 15.5 Å². The summed E-state index contributed by atoms with van der Waals surface area (Å²) in [5.41, 5.74) is 2.59. The first-order valence-corrected chi connectivity index (χ1v) is 13.0. The number of carboxylic acid groups (broad SMARTS) is 1. The van der Waals surface area contributed by atoms with Crippen molar-refractivity contribution in [3.63, 3.8) is 0 Å². The standard InChI is InChI=1S/C29H40N4O5/c1-7-19(2)24(31-21-10-8-20(9-11-21)17-30-15-14-26(34)35)18-37-22-12-13-23(25(16-22)36-6)27-32-33-28(38-27)29(3,4)5/h8-13,16,19,24,30-31H,7,14-15,17-18H2,1-6H3,(H,34,35)/t19-,24+/m0/s1. The molecule has 0 fully saturated rings. The highest BCUT2D eigenvalue weighted by atomic mass is 16.5. The minimum absolute atomic E-state index is 0.0931. The van der Waals surface area contributed by atoms with E-state index in [4.69, 9.17) is 19.0 Å². The van der Waals surface area contributed by atoms with Gasteiger partial charge in [-0.15, -0.1) is 10.2 Å². The molecule has 9 nitrogen and oxygen atoms in total. The lowest BCUT2D eigenvalue weighted by atomic mass is 9.97. The summed E-state index contributed by atoms with van der Waals surface area (Å²) in [6.45, 7) is 12.0. The van der Waals surface area contributed by atoms with Gasteiger partial charge in [-0.25, -0.2) is 0 Å². The van der Waals surface area contributed by atoms with Crippen LogP contribution in [0.25, 0.3) is 11.5 Å². The highest BCUT2D eigenvalue weighted by molar-refractivity contribution is 5.66. The van der Waals surface area contributed by atoms with Gasteiger partial charge in [0.15, 0.2) is 0 Å². The molecular formula is C29H40N4O5. The Labute approximate surface area is 225 Å². The van der Waals surface area contributed by atoms with Crippen molar-refractivity contribution in [2.45, 2.75) is 65.5 Å². The Morgan fingerprint density at radius 2 is 1.87 bits per heavy atom. The third-order valence-corrected chi connectivity index (χ3v) is 6.38. The molecule has 2 atom stereocenters. The number of anilines is 1. The van der Waals surface area contributed by atoms with Crippen LogP contribution in [0.5, 0.6) is 11.5 Å². The van der Waals surface area contributed by atoms with Crippen LogP contribution in [0.2, 0.25) is 0 Å². The number of nitrogens with one attached hydrogen (secondary N) is 2. The smallest absolute Gasteiger partial charge is 0.304 e. The Bertz CT molecular complexity index is 1170. The van der Waals surface area contributed by atoms with Gasteiger partial charge in [-0.1, -0.05) is 53.2 Å².